The van der Waals surface area contributed by atoms with Crippen molar-refractivity contribution in [3.8, 4) is 0 Å². The van der Waals surface area contributed by atoms with Crippen molar-refractivity contribution in [2.75, 3.05) is 6.54 Å². The zero-order chi connectivity index (χ0) is 13.7. The maximum absolute atomic E-state index is 6.38. The molecule has 2 unspecified atom stereocenters. The van der Waals surface area contributed by atoms with Crippen molar-refractivity contribution in [1.29, 1.82) is 0 Å². The highest BCUT2D eigenvalue weighted by Crippen LogP contribution is 2.61. The van der Waals surface area contributed by atoms with Crippen LogP contribution in [0.1, 0.15) is 37.7 Å². The van der Waals surface area contributed by atoms with Crippen molar-refractivity contribution >= 4 is 23.2 Å². The summed E-state index contributed by atoms with van der Waals surface area (Å²) in [5.41, 5.74) is 1.66. The molecule has 4 rings (SSSR count). The fourth-order valence-electron chi connectivity index (χ4n) is 4.09. The molecule has 0 saturated heterocycles. The fraction of sp³-hybridized carbons (Fsp3) is 0.647. The standard InChI is InChI=1S/C17H21Cl2N/c18-14-1-4-16(19)13(6-14)9-17(10-20-15-2-3-15)7-11-5-12(11)8-17/h1,4,6,11-12,15,20H,2-3,5,7-10H2. The summed E-state index contributed by atoms with van der Waals surface area (Å²) in [6.07, 6.45) is 8.02. The highest BCUT2D eigenvalue weighted by molar-refractivity contribution is 6.33. The predicted octanol–water partition coefficient (Wildman–Crippen LogP) is 4.70. The summed E-state index contributed by atoms with van der Waals surface area (Å²) in [5.74, 6) is 1.99. The maximum atomic E-state index is 6.38. The van der Waals surface area contributed by atoms with Crippen LogP contribution in [0.25, 0.3) is 0 Å². The molecule has 1 N–H and O–H groups in total. The van der Waals surface area contributed by atoms with Crippen molar-refractivity contribution in [2.24, 2.45) is 17.3 Å². The zero-order valence-electron chi connectivity index (χ0n) is 11.7. The van der Waals surface area contributed by atoms with Gasteiger partial charge in [0.25, 0.3) is 0 Å². The lowest BCUT2D eigenvalue weighted by Crippen LogP contribution is -2.36. The molecule has 3 fully saturated rings. The van der Waals surface area contributed by atoms with E-state index in [0.717, 1.165) is 40.9 Å². The van der Waals surface area contributed by atoms with Crippen LogP contribution in [-0.2, 0) is 6.42 Å². The van der Waals surface area contributed by atoms with Crippen LogP contribution >= 0.6 is 23.2 Å². The van der Waals surface area contributed by atoms with Gasteiger partial charge in [-0.05, 0) is 79.5 Å². The molecule has 3 saturated carbocycles. The Kier molecular flexibility index (Phi) is 3.29. The summed E-state index contributed by atoms with van der Waals surface area (Å²) in [7, 11) is 0. The molecule has 0 heterocycles. The van der Waals surface area contributed by atoms with Crippen LogP contribution in [0, 0.1) is 17.3 Å². The van der Waals surface area contributed by atoms with E-state index in [1.165, 1.54) is 37.7 Å². The SMILES string of the molecule is Clc1ccc(Cl)c(CC2(CNC3CC3)CC3CC3C2)c1. The Labute approximate surface area is 131 Å². The van der Waals surface area contributed by atoms with E-state index < -0.39 is 0 Å². The van der Waals surface area contributed by atoms with E-state index in [1.54, 1.807) is 0 Å². The second-order valence-corrected chi connectivity index (χ2v) is 8.08. The van der Waals surface area contributed by atoms with E-state index in [9.17, 15) is 0 Å². The highest BCUT2D eigenvalue weighted by atomic mass is 35.5. The quantitative estimate of drug-likeness (QED) is 0.831. The van der Waals surface area contributed by atoms with E-state index in [2.05, 4.69) is 11.4 Å². The minimum absolute atomic E-state index is 0.421. The molecule has 0 aliphatic heterocycles. The van der Waals surface area contributed by atoms with Crippen molar-refractivity contribution < 1.29 is 0 Å². The number of hydrogen-bond acceptors (Lipinski definition) is 1. The Bertz CT molecular complexity index is 514. The first-order chi connectivity index (χ1) is 9.63. The second kappa shape index (κ2) is 4.90. The first-order valence-electron chi connectivity index (χ1n) is 7.81. The van der Waals surface area contributed by atoms with Crippen LogP contribution in [0.4, 0.5) is 0 Å². The Morgan fingerprint density at radius 3 is 2.60 bits per heavy atom. The molecule has 1 aromatic carbocycles. The zero-order valence-corrected chi connectivity index (χ0v) is 13.2. The summed E-state index contributed by atoms with van der Waals surface area (Å²) < 4.78 is 0. The third-order valence-corrected chi connectivity index (χ3v) is 5.98. The highest BCUT2D eigenvalue weighted by Gasteiger charge is 2.53. The van der Waals surface area contributed by atoms with Gasteiger partial charge in [0.15, 0.2) is 0 Å². The van der Waals surface area contributed by atoms with Gasteiger partial charge in [-0.1, -0.05) is 23.2 Å². The molecule has 20 heavy (non-hydrogen) atoms. The van der Waals surface area contributed by atoms with E-state index >= 15 is 0 Å². The third-order valence-electron chi connectivity index (χ3n) is 5.38. The lowest BCUT2D eigenvalue weighted by molar-refractivity contribution is 0.247. The van der Waals surface area contributed by atoms with Crippen molar-refractivity contribution in [3.05, 3.63) is 33.8 Å². The van der Waals surface area contributed by atoms with Gasteiger partial charge in [0.1, 0.15) is 0 Å². The molecular formula is C17H21Cl2N. The molecule has 3 heteroatoms. The average Bonchev–Trinajstić information content (AvgIpc) is 3.33. The Morgan fingerprint density at radius 1 is 1.15 bits per heavy atom. The lowest BCUT2D eigenvalue weighted by atomic mass is 9.77. The van der Waals surface area contributed by atoms with E-state index in [0.29, 0.717) is 5.41 Å². The van der Waals surface area contributed by atoms with Crippen LogP contribution in [-0.4, -0.2) is 12.6 Å². The van der Waals surface area contributed by atoms with Crippen LogP contribution in [0.3, 0.4) is 0 Å². The molecule has 3 aliphatic carbocycles. The third kappa shape index (κ3) is 2.73. The largest absolute Gasteiger partial charge is 0.313 e. The summed E-state index contributed by atoms with van der Waals surface area (Å²) in [5, 5.41) is 5.44. The molecule has 0 spiro atoms. The smallest absolute Gasteiger partial charge is 0.0439 e. The Hall–Kier alpha value is -0.240. The number of nitrogens with one attached hydrogen (secondary N) is 1. The normalized spacial score (nSPS) is 35.1. The van der Waals surface area contributed by atoms with Gasteiger partial charge in [-0.2, -0.15) is 0 Å². The van der Waals surface area contributed by atoms with E-state index in [1.807, 2.05) is 12.1 Å². The van der Waals surface area contributed by atoms with E-state index in [-0.39, 0.29) is 0 Å². The minimum Gasteiger partial charge on any atom is -0.313 e. The summed E-state index contributed by atoms with van der Waals surface area (Å²) in [6.45, 7) is 1.16. The van der Waals surface area contributed by atoms with Gasteiger partial charge in [-0.25, -0.2) is 0 Å². The molecule has 1 nitrogen and oxygen atoms in total. The number of rotatable bonds is 5. The monoisotopic (exact) mass is 309 g/mol. The van der Waals surface area contributed by atoms with E-state index in [4.69, 9.17) is 23.2 Å². The van der Waals surface area contributed by atoms with Crippen molar-refractivity contribution in [2.45, 2.75) is 44.6 Å². The van der Waals surface area contributed by atoms with Crippen LogP contribution in [0.2, 0.25) is 10.0 Å². The predicted molar refractivity (Wildman–Crippen MR) is 84.5 cm³/mol. The molecule has 0 bridgehead atoms. The number of fused-ring (bicyclic) bond motifs is 1. The number of benzene rings is 1. The number of hydrogen-bond donors (Lipinski definition) is 1. The second-order valence-electron chi connectivity index (χ2n) is 7.23. The van der Waals surface area contributed by atoms with Crippen molar-refractivity contribution in [3.63, 3.8) is 0 Å². The van der Waals surface area contributed by atoms with Crippen LogP contribution < -0.4 is 5.32 Å². The summed E-state index contributed by atoms with van der Waals surface area (Å²) in [4.78, 5) is 0. The van der Waals surface area contributed by atoms with Crippen molar-refractivity contribution in [1.82, 2.24) is 5.32 Å². The maximum Gasteiger partial charge on any atom is 0.0439 e. The molecule has 0 radical (unpaired) electrons. The topological polar surface area (TPSA) is 12.0 Å². The van der Waals surface area contributed by atoms with Gasteiger partial charge in [0, 0.05) is 22.6 Å². The Balaban J connectivity index is 1.53. The molecular weight excluding hydrogens is 289 g/mol. The van der Waals surface area contributed by atoms with Gasteiger partial charge in [-0.3, -0.25) is 0 Å². The molecule has 0 amide bonds. The Morgan fingerprint density at radius 2 is 1.90 bits per heavy atom. The molecule has 0 aromatic heterocycles. The summed E-state index contributed by atoms with van der Waals surface area (Å²) in [6, 6.07) is 6.68. The average molecular weight is 310 g/mol. The molecule has 108 valence electrons. The van der Waals surface area contributed by atoms with Crippen LogP contribution in [0.15, 0.2) is 18.2 Å². The fourth-order valence-corrected chi connectivity index (χ4v) is 4.47. The van der Waals surface area contributed by atoms with Gasteiger partial charge < -0.3 is 5.32 Å². The first-order valence-corrected chi connectivity index (χ1v) is 8.56. The number of halogens is 2. The van der Waals surface area contributed by atoms with Gasteiger partial charge in [0.05, 0.1) is 0 Å². The lowest BCUT2D eigenvalue weighted by Gasteiger charge is -2.32. The first kappa shape index (κ1) is 13.4. The molecule has 2 atom stereocenters. The van der Waals surface area contributed by atoms with Gasteiger partial charge in [0.2, 0.25) is 0 Å². The van der Waals surface area contributed by atoms with Gasteiger partial charge in [-0.15, -0.1) is 0 Å². The summed E-state index contributed by atoms with van der Waals surface area (Å²) >= 11 is 12.5. The molecule has 1 aromatic rings. The van der Waals surface area contributed by atoms with Gasteiger partial charge >= 0.3 is 0 Å². The molecule has 3 aliphatic rings. The minimum atomic E-state index is 0.421. The van der Waals surface area contributed by atoms with Crippen LogP contribution in [0.5, 0.6) is 0 Å².